The minimum atomic E-state index is -0.134. The van der Waals surface area contributed by atoms with Crippen molar-refractivity contribution in [1.29, 1.82) is 0 Å². The Morgan fingerprint density at radius 2 is 1.70 bits per heavy atom. The fourth-order valence-electron chi connectivity index (χ4n) is 2.61. The first kappa shape index (κ1) is 20.2. The number of nitrogens with zero attached hydrogens (tertiary/aromatic N) is 1. The minimum absolute atomic E-state index is 0.102. The van der Waals surface area contributed by atoms with Crippen LogP contribution in [0.3, 0.4) is 0 Å². The SMILES string of the molecule is CNC(=O)c1ccc(/C=C/C(=O)N(C)CCOc2cc(C)cc(C)c2)cc1. The average Bonchev–Trinajstić information content (AvgIpc) is 2.65. The standard InChI is InChI=1S/C22H26N2O3/c1-16-13-17(2)15-20(14-16)27-12-11-24(4)21(25)10-7-18-5-8-19(9-6-18)22(26)23-3/h5-10,13-15H,11-12H2,1-4H3,(H,23,26)/b10-7+. The van der Waals surface area contributed by atoms with Crippen LogP contribution in [0.15, 0.2) is 48.5 Å². The largest absolute Gasteiger partial charge is 0.492 e. The van der Waals surface area contributed by atoms with Gasteiger partial charge in [0.2, 0.25) is 5.91 Å². The summed E-state index contributed by atoms with van der Waals surface area (Å²) >= 11 is 0. The molecule has 142 valence electrons. The number of amides is 2. The molecule has 2 rings (SSSR count). The summed E-state index contributed by atoms with van der Waals surface area (Å²) in [5.74, 6) is 0.583. The monoisotopic (exact) mass is 366 g/mol. The zero-order valence-electron chi connectivity index (χ0n) is 16.3. The zero-order chi connectivity index (χ0) is 19.8. The van der Waals surface area contributed by atoms with Gasteiger partial charge in [-0.2, -0.15) is 0 Å². The highest BCUT2D eigenvalue weighted by atomic mass is 16.5. The lowest BCUT2D eigenvalue weighted by Gasteiger charge is -2.16. The van der Waals surface area contributed by atoms with E-state index in [9.17, 15) is 9.59 Å². The molecule has 5 nitrogen and oxygen atoms in total. The van der Waals surface area contributed by atoms with Gasteiger partial charge in [0.05, 0.1) is 6.54 Å². The van der Waals surface area contributed by atoms with Gasteiger partial charge in [0.15, 0.2) is 0 Å². The van der Waals surface area contributed by atoms with E-state index in [1.165, 1.54) is 6.08 Å². The lowest BCUT2D eigenvalue weighted by atomic mass is 10.1. The first-order valence-corrected chi connectivity index (χ1v) is 8.85. The molecule has 27 heavy (non-hydrogen) atoms. The van der Waals surface area contributed by atoms with Crippen LogP contribution >= 0.6 is 0 Å². The Morgan fingerprint density at radius 3 is 2.30 bits per heavy atom. The van der Waals surface area contributed by atoms with E-state index in [2.05, 4.69) is 11.4 Å². The molecule has 0 spiro atoms. The number of benzene rings is 2. The molecule has 1 N–H and O–H groups in total. The molecule has 0 aromatic heterocycles. The van der Waals surface area contributed by atoms with Crippen molar-refractivity contribution in [2.75, 3.05) is 27.2 Å². The van der Waals surface area contributed by atoms with Crippen molar-refractivity contribution in [3.05, 3.63) is 70.8 Å². The third kappa shape index (κ3) is 6.29. The smallest absolute Gasteiger partial charge is 0.251 e. The second-order valence-electron chi connectivity index (χ2n) is 6.47. The Bertz CT molecular complexity index is 806. The van der Waals surface area contributed by atoms with Gasteiger partial charge in [0, 0.05) is 25.7 Å². The van der Waals surface area contributed by atoms with E-state index in [1.54, 1.807) is 49.3 Å². The second kappa shape index (κ2) is 9.57. The van der Waals surface area contributed by atoms with Gasteiger partial charge in [0.25, 0.3) is 5.91 Å². The summed E-state index contributed by atoms with van der Waals surface area (Å²) in [6, 6.07) is 13.1. The second-order valence-corrected chi connectivity index (χ2v) is 6.47. The summed E-state index contributed by atoms with van der Waals surface area (Å²) < 4.78 is 5.74. The first-order chi connectivity index (χ1) is 12.9. The Morgan fingerprint density at radius 1 is 1.07 bits per heavy atom. The van der Waals surface area contributed by atoms with Crippen LogP contribution in [0.4, 0.5) is 0 Å². The van der Waals surface area contributed by atoms with Crippen LogP contribution in [-0.4, -0.2) is 44.0 Å². The minimum Gasteiger partial charge on any atom is -0.492 e. The molecular formula is C22H26N2O3. The van der Waals surface area contributed by atoms with Gasteiger partial charge in [-0.1, -0.05) is 18.2 Å². The zero-order valence-corrected chi connectivity index (χ0v) is 16.3. The number of carbonyl (C=O) groups is 2. The van der Waals surface area contributed by atoms with Gasteiger partial charge in [-0.05, 0) is 60.9 Å². The number of hydrogen-bond acceptors (Lipinski definition) is 3. The maximum Gasteiger partial charge on any atom is 0.251 e. The fourth-order valence-corrected chi connectivity index (χ4v) is 2.61. The van der Waals surface area contributed by atoms with Gasteiger partial charge in [0.1, 0.15) is 12.4 Å². The number of nitrogens with one attached hydrogen (secondary N) is 1. The van der Waals surface area contributed by atoms with E-state index in [0.29, 0.717) is 18.7 Å². The Balaban J connectivity index is 1.84. The summed E-state index contributed by atoms with van der Waals surface area (Å²) in [5.41, 5.74) is 3.75. The number of carbonyl (C=O) groups excluding carboxylic acids is 2. The molecule has 2 aromatic rings. The van der Waals surface area contributed by atoms with Crippen molar-refractivity contribution in [2.45, 2.75) is 13.8 Å². The third-order valence-electron chi connectivity index (χ3n) is 4.09. The van der Waals surface area contributed by atoms with Crippen molar-refractivity contribution in [3.8, 4) is 5.75 Å². The van der Waals surface area contributed by atoms with Crippen molar-refractivity contribution in [2.24, 2.45) is 0 Å². The molecule has 0 aliphatic heterocycles. The number of aryl methyl sites for hydroxylation is 2. The van der Waals surface area contributed by atoms with Crippen LogP contribution in [0.5, 0.6) is 5.75 Å². The average molecular weight is 366 g/mol. The number of likely N-dealkylation sites (N-methyl/N-ethyl adjacent to an activating group) is 1. The predicted molar refractivity (Wildman–Crippen MR) is 108 cm³/mol. The van der Waals surface area contributed by atoms with E-state index in [1.807, 2.05) is 26.0 Å². The van der Waals surface area contributed by atoms with Crippen LogP contribution in [-0.2, 0) is 4.79 Å². The lowest BCUT2D eigenvalue weighted by molar-refractivity contribution is -0.125. The van der Waals surface area contributed by atoms with E-state index >= 15 is 0 Å². The van der Waals surface area contributed by atoms with Crippen LogP contribution in [0, 0.1) is 13.8 Å². The molecule has 2 amide bonds. The molecule has 0 aliphatic rings. The maximum absolute atomic E-state index is 12.2. The highest BCUT2D eigenvalue weighted by molar-refractivity contribution is 5.94. The molecular weight excluding hydrogens is 340 g/mol. The Kier molecular flexibility index (Phi) is 7.17. The van der Waals surface area contributed by atoms with Gasteiger partial charge in [-0.25, -0.2) is 0 Å². The molecule has 0 heterocycles. The van der Waals surface area contributed by atoms with Crippen LogP contribution in [0.25, 0.3) is 6.08 Å². The summed E-state index contributed by atoms with van der Waals surface area (Å²) in [6.45, 7) is 4.98. The molecule has 0 saturated heterocycles. The molecule has 0 bridgehead atoms. The third-order valence-corrected chi connectivity index (χ3v) is 4.09. The molecule has 0 unspecified atom stereocenters. The van der Waals surface area contributed by atoms with Gasteiger partial charge in [-0.15, -0.1) is 0 Å². The predicted octanol–water partition coefficient (Wildman–Crippen LogP) is 3.21. The van der Waals surface area contributed by atoms with E-state index in [0.717, 1.165) is 22.4 Å². The van der Waals surface area contributed by atoms with Crippen LogP contribution in [0.2, 0.25) is 0 Å². The molecule has 2 aromatic carbocycles. The van der Waals surface area contributed by atoms with E-state index in [-0.39, 0.29) is 11.8 Å². The Labute approximate surface area is 160 Å². The van der Waals surface area contributed by atoms with E-state index < -0.39 is 0 Å². The first-order valence-electron chi connectivity index (χ1n) is 8.85. The molecule has 5 heteroatoms. The van der Waals surface area contributed by atoms with Gasteiger partial charge < -0.3 is 15.0 Å². The van der Waals surface area contributed by atoms with Gasteiger partial charge in [-0.3, -0.25) is 9.59 Å². The van der Waals surface area contributed by atoms with Crippen molar-refractivity contribution < 1.29 is 14.3 Å². The van der Waals surface area contributed by atoms with Crippen LogP contribution in [0.1, 0.15) is 27.0 Å². The van der Waals surface area contributed by atoms with Crippen molar-refractivity contribution in [3.63, 3.8) is 0 Å². The van der Waals surface area contributed by atoms with Crippen molar-refractivity contribution >= 4 is 17.9 Å². The highest BCUT2D eigenvalue weighted by Gasteiger charge is 2.06. The normalized spacial score (nSPS) is 10.7. The molecule has 0 fully saturated rings. The van der Waals surface area contributed by atoms with Crippen LogP contribution < -0.4 is 10.1 Å². The summed E-state index contributed by atoms with van der Waals surface area (Å²) in [5, 5.41) is 2.57. The number of rotatable bonds is 7. The van der Waals surface area contributed by atoms with Crippen molar-refractivity contribution in [1.82, 2.24) is 10.2 Å². The summed E-state index contributed by atoms with van der Waals surface area (Å²) in [7, 11) is 3.33. The van der Waals surface area contributed by atoms with Gasteiger partial charge >= 0.3 is 0 Å². The van der Waals surface area contributed by atoms with E-state index in [4.69, 9.17) is 4.74 Å². The summed E-state index contributed by atoms with van der Waals surface area (Å²) in [6.07, 6.45) is 3.25. The highest BCUT2D eigenvalue weighted by Crippen LogP contribution is 2.16. The lowest BCUT2D eigenvalue weighted by Crippen LogP contribution is -2.29. The Hall–Kier alpha value is -3.08. The number of ether oxygens (including phenoxy) is 1. The molecule has 0 aliphatic carbocycles. The quantitative estimate of drug-likeness (QED) is 0.766. The molecule has 0 atom stereocenters. The number of hydrogen-bond donors (Lipinski definition) is 1. The fraction of sp³-hybridized carbons (Fsp3) is 0.273. The summed E-state index contributed by atoms with van der Waals surface area (Å²) in [4.78, 5) is 25.3. The molecule has 0 saturated carbocycles. The maximum atomic E-state index is 12.2. The molecule has 0 radical (unpaired) electrons. The topological polar surface area (TPSA) is 58.6 Å².